The minimum Gasteiger partial charge on any atom is -0.488 e. The fourth-order valence-electron chi connectivity index (χ4n) is 7.02. The first-order valence-corrected chi connectivity index (χ1v) is 18.5. The Morgan fingerprint density at radius 3 is 2.41 bits per heavy atom. The van der Waals surface area contributed by atoms with Crippen LogP contribution in [-0.2, 0) is 31.0 Å². The van der Waals surface area contributed by atoms with E-state index in [1.165, 1.54) is 4.31 Å². The number of sulfonamides is 1. The van der Waals surface area contributed by atoms with E-state index in [0.29, 0.717) is 24.3 Å². The lowest BCUT2D eigenvalue weighted by Gasteiger charge is -2.36. The lowest BCUT2D eigenvalue weighted by Crippen LogP contribution is -2.49. The number of ether oxygens (including phenoxy) is 1. The Labute approximate surface area is 299 Å². The van der Waals surface area contributed by atoms with E-state index in [-0.39, 0.29) is 24.1 Å². The number of carbonyl (C=O) groups is 3. The lowest BCUT2D eigenvalue weighted by atomic mass is 9.69. The molecular formula is C37H47N5O8S. The van der Waals surface area contributed by atoms with Crippen LogP contribution in [0.2, 0.25) is 0 Å². The van der Waals surface area contributed by atoms with Crippen LogP contribution in [0.5, 0.6) is 5.75 Å². The van der Waals surface area contributed by atoms with Crippen LogP contribution in [0.1, 0.15) is 74.3 Å². The van der Waals surface area contributed by atoms with Gasteiger partial charge in [-0.2, -0.15) is 4.31 Å². The van der Waals surface area contributed by atoms with Gasteiger partial charge in [0, 0.05) is 26.1 Å². The van der Waals surface area contributed by atoms with Crippen molar-refractivity contribution in [3.63, 3.8) is 0 Å². The minimum absolute atomic E-state index is 0.0518. The molecule has 13 nitrogen and oxygen atoms in total. The summed E-state index contributed by atoms with van der Waals surface area (Å²) >= 11 is 0. The summed E-state index contributed by atoms with van der Waals surface area (Å²) in [5.74, 6) is -3.80. The number of fused-ring (bicyclic) bond motifs is 2. The lowest BCUT2D eigenvalue weighted by molar-refractivity contribution is -0.148. The average molecular weight is 722 g/mol. The van der Waals surface area contributed by atoms with Crippen LogP contribution >= 0.6 is 0 Å². The average Bonchev–Trinajstić information content (AvgIpc) is 3.35. The fourth-order valence-corrected chi connectivity index (χ4v) is 8.59. The van der Waals surface area contributed by atoms with Gasteiger partial charge < -0.3 is 20.3 Å². The van der Waals surface area contributed by atoms with Gasteiger partial charge in [-0.25, -0.2) is 13.2 Å². The molecular weight excluding hydrogens is 675 g/mol. The molecule has 4 N–H and O–H groups in total. The maximum atomic E-state index is 14.1. The maximum Gasteiger partial charge on any atom is 0.326 e. The quantitative estimate of drug-likeness (QED) is 0.201. The SMILES string of the molecule is CC[C@@H]1CN(Cc2cc([C@@H](c3ccc4c(c3C)NN(C)N4CC)C(C)(C)C(=O)NC(CC(=O)O)C(=O)O)ccc2C)S(=O)(=O)c2ccccc2O1. The van der Waals surface area contributed by atoms with Crippen molar-refractivity contribution in [2.75, 3.05) is 30.6 Å². The first-order chi connectivity index (χ1) is 24.0. The van der Waals surface area contributed by atoms with Crippen LogP contribution in [0.3, 0.4) is 0 Å². The molecule has 2 aliphatic rings. The highest BCUT2D eigenvalue weighted by atomic mass is 32.2. The van der Waals surface area contributed by atoms with Crippen LogP contribution in [0, 0.1) is 19.3 Å². The topological polar surface area (TPSA) is 169 Å². The number of carboxylic acid groups (broad SMARTS) is 2. The zero-order valence-corrected chi connectivity index (χ0v) is 30.9. The fraction of sp³-hybridized carbons (Fsp3) is 0.432. The number of amides is 1. The van der Waals surface area contributed by atoms with Crippen molar-refractivity contribution >= 4 is 39.2 Å². The highest BCUT2D eigenvalue weighted by molar-refractivity contribution is 7.89. The largest absolute Gasteiger partial charge is 0.488 e. The van der Waals surface area contributed by atoms with Crippen molar-refractivity contribution in [2.45, 2.75) is 83.9 Å². The second kappa shape index (κ2) is 14.5. The number of benzene rings is 3. The van der Waals surface area contributed by atoms with Gasteiger partial charge >= 0.3 is 11.9 Å². The molecule has 0 radical (unpaired) electrons. The third-order valence-corrected chi connectivity index (χ3v) is 11.8. The normalized spacial score (nSPS) is 18.4. The molecule has 5 rings (SSSR count). The number of hydrazine groups is 2. The molecule has 1 unspecified atom stereocenters. The van der Waals surface area contributed by atoms with Gasteiger partial charge in [-0.1, -0.05) is 57.2 Å². The Hall–Kier alpha value is -4.66. The van der Waals surface area contributed by atoms with Crippen LogP contribution in [0.4, 0.5) is 11.4 Å². The molecule has 0 aliphatic carbocycles. The van der Waals surface area contributed by atoms with E-state index in [1.54, 1.807) is 38.1 Å². The first-order valence-electron chi connectivity index (χ1n) is 17.0. The Kier molecular flexibility index (Phi) is 10.7. The first kappa shape index (κ1) is 37.6. The number of hydrogen-bond acceptors (Lipinski definition) is 9. The van der Waals surface area contributed by atoms with Gasteiger partial charge in [0.05, 0.1) is 29.8 Å². The monoisotopic (exact) mass is 721 g/mol. The van der Waals surface area contributed by atoms with E-state index >= 15 is 0 Å². The van der Waals surface area contributed by atoms with Crippen molar-refractivity contribution in [2.24, 2.45) is 5.41 Å². The van der Waals surface area contributed by atoms with Crippen molar-refractivity contribution in [3.8, 4) is 5.75 Å². The molecule has 14 heteroatoms. The molecule has 51 heavy (non-hydrogen) atoms. The number of hydrogen-bond donors (Lipinski definition) is 4. The predicted molar refractivity (Wildman–Crippen MR) is 193 cm³/mol. The number of nitrogens with one attached hydrogen (secondary N) is 2. The van der Waals surface area contributed by atoms with Crippen molar-refractivity contribution in [3.05, 3.63) is 82.4 Å². The Bertz CT molecular complexity index is 1950. The summed E-state index contributed by atoms with van der Waals surface area (Å²) in [5, 5.41) is 25.5. The van der Waals surface area contributed by atoms with Gasteiger partial charge in [-0.05, 0) is 73.2 Å². The smallest absolute Gasteiger partial charge is 0.326 e. The molecule has 3 atom stereocenters. The number of nitrogens with zero attached hydrogens (tertiary/aromatic N) is 3. The number of aryl methyl sites for hydroxylation is 1. The summed E-state index contributed by atoms with van der Waals surface area (Å²) in [4.78, 5) is 37.7. The number of carboxylic acids is 2. The number of para-hydroxylation sites is 1. The summed E-state index contributed by atoms with van der Waals surface area (Å²) in [7, 11) is -2.04. The molecule has 0 spiro atoms. The van der Waals surface area contributed by atoms with E-state index in [2.05, 4.69) is 15.8 Å². The molecule has 0 fully saturated rings. The molecule has 3 aromatic rings. The molecule has 0 aromatic heterocycles. The molecule has 2 aliphatic heterocycles. The summed E-state index contributed by atoms with van der Waals surface area (Å²) in [6.45, 7) is 12.2. The van der Waals surface area contributed by atoms with E-state index in [0.717, 1.165) is 33.6 Å². The van der Waals surface area contributed by atoms with Crippen LogP contribution in [0.15, 0.2) is 59.5 Å². The molecule has 2 heterocycles. The predicted octanol–water partition coefficient (Wildman–Crippen LogP) is 4.88. The summed E-state index contributed by atoms with van der Waals surface area (Å²) in [6, 6.07) is 14.7. The molecule has 0 saturated heterocycles. The van der Waals surface area contributed by atoms with E-state index in [1.807, 2.05) is 70.2 Å². The van der Waals surface area contributed by atoms with Gasteiger partial charge in [0.2, 0.25) is 15.9 Å². The highest BCUT2D eigenvalue weighted by Gasteiger charge is 2.43. The summed E-state index contributed by atoms with van der Waals surface area (Å²) in [6.07, 6.45) is -0.550. The van der Waals surface area contributed by atoms with E-state index in [4.69, 9.17) is 4.74 Å². The standard InChI is InChI=1S/C37H47N5O8S/c1-8-26-21-41(51(48,49)31-13-11-10-12-30(31)50-26)20-25-18-24(15-14-22(25)3)33(37(5,6)36(47)38-28(35(45)46)19-32(43)44)27-16-17-29-34(23(27)4)39-40(7)42(29)9-2/h10-18,26,28,33,39H,8-9,19-21H2,1-7H3,(H,38,47)(H,43,44)(H,45,46)/t26-,28?,33+/m1/s1. The van der Waals surface area contributed by atoms with E-state index < -0.39 is 51.7 Å². The van der Waals surface area contributed by atoms with Crippen molar-refractivity contribution in [1.82, 2.24) is 14.7 Å². The van der Waals surface area contributed by atoms with Crippen LogP contribution < -0.4 is 20.5 Å². The highest BCUT2D eigenvalue weighted by Crippen LogP contribution is 2.47. The number of aliphatic carboxylic acids is 2. The van der Waals surface area contributed by atoms with E-state index in [9.17, 15) is 33.0 Å². The second-order valence-corrected chi connectivity index (χ2v) is 15.6. The Balaban J connectivity index is 1.63. The summed E-state index contributed by atoms with van der Waals surface area (Å²) in [5.41, 5.74) is 7.86. The Morgan fingerprint density at radius 1 is 1.06 bits per heavy atom. The number of carbonyl (C=O) groups excluding carboxylic acids is 1. The van der Waals surface area contributed by atoms with Gasteiger partial charge in [0.1, 0.15) is 22.8 Å². The molecule has 0 saturated carbocycles. The number of anilines is 2. The zero-order chi connectivity index (χ0) is 37.4. The second-order valence-electron chi connectivity index (χ2n) is 13.7. The molecule has 1 amide bonds. The van der Waals surface area contributed by atoms with Gasteiger partial charge in [0.15, 0.2) is 0 Å². The summed E-state index contributed by atoms with van der Waals surface area (Å²) < 4.78 is 35.6. The zero-order valence-electron chi connectivity index (χ0n) is 30.1. The van der Waals surface area contributed by atoms with Crippen molar-refractivity contribution < 1.29 is 37.8 Å². The molecule has 0 bridgehead atoms. The van der Waals surface area contributed by atoms with Gasteiger partial charge in [-0.15, -0.1) is 5.12 Å². The third kappa shape index (κ3) is 7.26. The van der Waals surface area contributed by atoms with Crippen LogP contribution in [-0.4, -0.2) is 78.2 Å². The Morgan fingerprint density at radius 2 is 1.76 bits per heavy atom. The maximum absolute atomic E-state index is 14.1. The van der Waals surface area contributed by atoms with Crippen LogP contribution in [0.25, 0.3) is 0 Å². The molecule has 274 valence electrons. The van der Waals surface area contributed by atoms with Gasteiger partial charge in [-0.3, -0.25) is 20.0 Å². The minimum atomic E-state index is -3.94. The number of rotatable bonds is 12. The molecule has 3 aromatic carbocycles. The third-order valence-electron chi connectivity index (χ3n) is 9.97. The van der Waals surface area contributed by atoms with Gasteiger partial charge in [0.25, 0.3) is 0 Å². The van der Waals surface area contributed by atoms with Crippen molar-refractivity contribution in [1.29, 1.82) is 0 Å².